The summed E-state index contributed by atoms with van der Waals surface area (Å²) in [5, 5.41) is 2.89. The lowest BCUT2D eigenvalue weighted by Crippen LogP contribution is -2.42. The van der Waals surface area contributed by atoms with Crippen molar-refractivity contribution in [2.75, 3.05) is 5.32 Å². The molecular formula is C19H25NO2. The van der Waals surface area contributed by atoms with Crippen LogP contribution in [0, 0.1) is 0 Å². The molecule has 2 rings (SSSR count). The lowest BCUT2D eigenvalue weighted by Gasteiger charge is -2.24. The summed E-state index contributed by atoms with van der Waals surface area (Å²) in [4.78, 5) is 25.5. The second-order valence-electron chi connectivity index (χ2n) is 5.90. The van der Waals surface area contributed by atoms with Crippen LogP contribution < -0.4 is 5.32 Å². The second-order valence-corrected chi connectivity index (χ2v) is 5.90. The molecule has 1 N–H and O–H groups in total. The molecule has 0 aliphatic carbocycles. The average Bonchev–Trinajstić information content (AvgIpc) is 2.82. The monoisotopic (exact) mass is 299 g/mol. The van der Waals surface area contributed by atoms with Gasteiger partial charge >= 0.3 is 0 Å². The molecule has 0 saturated heterocycles. The summed E-state index contributed by atoms with van der Waals surface area (Å²) in [6.45, 7) is 4.17. The third kappa shape index (κ3) is 2.99. The van der Waals surface area contributed by atoms with E-state index in [-0.39, 0.29) is 11.7 Å². The number of carbonyl (C=O) groups excluding carboxylic acids is 2. The van der Waals surface area contributed by atoms with E-state index in [1.807, 2.05) is 30.3 Å². The highest BCUT2D eigenvalue weighted by Crippen LogP contribution is 2.42. The van der Waals surface area contributed by atoms with Crippen molar-refractivity contribution < 1.29 is 9.59 Å². The standard InChI is InChI=1S/C19H25NO2/c1-3-5-7-10-14-19(17(21)13-6-4-2)15-11-8-9-12-16(15)20-18(19)22/h7-12H,3-6,13-14H2,1-2H3,(H,20,22)/b10-7+. The number of hydrogen-bond donors (Lipinski definition) is 1. The molecule has 22 heavy (non-hydrogen) atoms. The predicted octanol–water partition coefficient (Wildman–Crippen LogP) is 4.38. The normalized spacial score (nSPS) is 20.2. The first-order valence-corrected chi connectivity index (χ1v) is 8.26. The van der Waals surface area contributed by atoms with Crippen LogP contribution in [0.2, 0.25) is 0 Å². The summed E-state index contributed by atoms with van der Waals surface area (Å²) >= 11 is 0. The van der Waals surface area contributed by atoms with Crippen LogP contribution in [-0.4, -0.2) is 11.7 Å². The maximum absolute atomic E-state index is 12.9. The van der Waals surface area contributed by atoms with Crippen LogP contribution in [0.25, 0.3) is 0 Å². The van der Waals surface area contributed by atoms with E-state index in [4.69, 9.17) is 0 Å². The highest BCUT2D eigenvalue weighted by molar-refractivity contribution is 6.21. The third-order valence-corrected chi connectivity index (χ3v) is 4.30. The number of ketones is 1. The van der Waals surface area contributed by atoms with Gasteiger partial charge < -0.3 is 5.32 Å². The molecule has 1 amide bonds. The number of para-hydroxylation sites is 1. The Morgan fingerprint density at radius 3 is 2.68 bits per heavy atom. The van der Waals surface area contributed by atoms with Crippen molar-refractivity contribution in [3.8, 4) is 0 Å². The molecular weight excluding hydrogens is 274 g/mol. The van der Waals surface area contributed by atoms with Crippen LogP contribution in [0.3, 0.4) is 0 Å². The van der Waals surface area contributed by atoms with Crippen molar-refractivity contribution in [3.05, 3.63) is 42.0 Å². The molecule has 0 saturated carbocycles. The van der Waals surface area contributed by atoms with E-state index in [0.29, 0.717) is 12.8 Å². The molecule has 0 spiro atoms. The number of amides is 1. The van der Waals surface area contributed by atoms with Crippen molar-refractivity contribution in [2.24, 2.45) is 0 Å². The molecule has 0 aromatic heterocycles. The largest absolute Gasteiger partial charge is 0.325 e. The summed E-state index contributed by atoms with van der Waals surface area (Å²) < 4.78 is 0. The van der Waals surface area contributed by atoms with Gasteiger partial charge in [0.05, 0.1) is 0 Å². The summed E-state index contributed by atoms with van der Waals surface area (Å²) in [7, 11) is 0. The molecule has 1 unspecified atom stereocenters. The zero-order valence-electron chi connectivity index (χ0n) is 13.5. The fourth-order valence-electron chi connectivity index (χ4n) is 3.00. The van der Waals surface area contributed by atoms with Gasteiger partial charge in [-0.25, -0.2) is 0 Å². The van der Waals surface area contributed by atoms with Gasteiger partial charge in [0, 0.05) is 12.1 Å². The molecule has 1 aliphatic heterocycles. The van der Waals surface area contributed by atoms with E-state index in [0.717, 1.165) is 36.9 Å². The minimum absolute atomic E-state index is 0.0398. The fourth-order valence-corrected chi connectivity index (χ4v) is 3.00. The van der Waals surface area contributed by atoms with E-state index >= 15 is 0 Å². The SMILES string of the molecule is CCC/C=C/CC1(C(=O)CCCC)C(=O)Nc2ccccc21. The molecule has 0 radical (unpaired) electrons. The minimum atomic E-state index is -1.03. The summed E-state index contributed by atoms with van der Waals surface area (Å²) in [5.41, 5.74) is 0.583. The molecule has 118 valence electrons. The minimum Gasteiger partial charge on any atom is -0.325 e. The number of rotatable bonds is 8. The second kappa shape index (κ2) is 7.39. The van der Waals surface area contributed by atoms with E-state index < -0.39 is 5.41 Å². The third-order valence-electron chi connectivity index (χ3n) is 4.30. The highest BCUT2D eigenvalue weighted by atomic mass is 16.2. The van der Waals surface area contributed by atoms with E-state index in [1.165, 1.54) is 0 Å². The first-order valence-electron chi connectivity index (χ1n) is 8.26. The molecule has 1 aliphatic rings. The van der Waals surface area contributed by atoms with Gasteiger partial charge in [-0.1, -0.05) is 57.0 Å². The van der Waals surface area contributed by atoms with Crippen molar-refractivity contribution in [1.29, 1.82) is 0 Å². The Balaban J connectivity index is 2.37. The Morgan fingerprint density at radius 1 is 1.18 bits per heavy atom. The quantitative estimate of drug-likeness (QED) is 0.572. The number of carbonyl (C=O) groups is 2. The Morgan fingerprint density at radius 2 is 1.95 bits per heavy atom. The zero-order chi connectivity index (χ0) is 16.0. The number of unbranched alkanes of at least 4 members (excludes halogenated alkanes) is 2. The predicted molar refractivity (Wildman–Crippen MR) is 89.9 cm³/mol. The van der Waals surface area contributed by atoms with E-state index in [1.54, 1.807) is 0 Å². The Hall–Kier alpha value is -1.90. The van der Waals surface area contributed by atoms with E-state index in [9.17, 15) is 9.59 Å². The molecule has 1 atom stereocenters. The number of anilines is 1. The van der Waals surface area contributed by atoms with Crippen LogP contribution in [-0.2, 0) is 15.0 Å². The molecule has 1 heterocycles. The zero-order valence-corrected chi connectivity index (χ0v) is 13.5. The summed E-state index contributed by atoms with van der Waals surface area (Å²) in [6.07, 6.45) is 8.81. The van der Waals surface area contributed by atoms with Crippen LogP contribution >= 0.6 is 0 Å². The first kappa shape index (κ1) is 16.5. The van der Waals surface area contributed by atoms with Crippen molar-refractivity contribution in [3.63, 3.8) is 0 Å². The number of allylic oxidation sites excluding steroid dienone is 2. The van der Waals surface area contributed by atoms with Gasteiger partial charge in [-0.05, 0) is 30.9 Å². The molecule has 0 fully saturated rings. The first-order chi connectivity index (χ1) is 10.7. The molecule has 3 nitrogen and oxygen atoms in total. The number of benzene rings is 1. The highest BCUT2D eigenvalue weighted by Gasteiger charge is 2.50. The Labute approximate surface area is 132 Å². The van der Waals surface area contributed by atoms with Crippen LogP contribution in [0.15, 0.2) is 36.4 Å². The summed E-state index contributed by atoms with van der Waals surface area (Å²) in [5.74, 6) is -0.131. The number of Topliss-reactive ketones (excluding diaryl/α,β-unsaturated/α-hetero) is 1. The van der Waals surface area contributed by atoms with Crippen LogP contribution in [0.5, 0.6) is 0 Å². The van der Waals surface area contributed by atoms with Crippen LogP contribution in [0.4, 0.5) is 5.69 Å². The van der Waals surface area contributed by atoms with Gasteiger partial charge in [0.2, 0.25) is 5.91 Å². The maximum Gasteiger partial charge on any atom is 0.242 e. The Bertz CT molecular complexity index is 577. The van der Waals surface area contributed by atoms with Gasteiger partial charge in [-0.3, -0.25) is 9.59 Å². The topological polar surface area (TPSA) is 46.2 Å². The number of nitrogens with one attached hydrogen (secondary N) is 1. The maximum atomic E-state index is 12.9. The Kier molecular flexibility index (Phi) is 5.53. The van der Waals surface area contributed by atoms with Crippen molar-refractivity contribution in [2.45, 2.75) is 57.8 Å². The van der Waals surface area contributed by atoms with E-state index in [2.05, 4.69) is 25.2 Å². The fraction of sp³-hybridized carbons (Fsp3) is 0.474. The molecule has 1 aromatic carbocycles. The smallest absolute Gasteiger partial charge is 0.242 e. The average molecular weight is 299 g/mol. The van der Waals surface area contributed by atoms with Gasteiger partial charge in [0.25, 0.3) is 0 Å². The van der Waals surface area contributed by atoms with Gasteiger partial charge in [0.15, 0.2) is 5.78 Å². The van der Waals surface area contributed by atoms with Gasteiger partial charge in [0.1, 0.15) is 5.41 Å². The lowest BCUT2D eigenvalue weighted by atomic mass is 9.73. The van der Waals surface area contributed by atoms with Crippen molar-refractivity contribution >= 4 is 17.4 Å². The van der Waals surface area contributed by atoms with Gasteiger partial charge in [-0.2, -0.15) is 0 Å². The number of fused-ring (bicyclic) bond motifs is 1. The number of hydrogen-bond acceptors (Lipinski definition) is 2. The van der Waals surface area contributed by atoms with Crippen LogP contribution in [0.1, 0.15) is 57.9 Å². The summed E-state index contributed by atoms with van der Waals surface area (Å²) in [6, 6.07) is 7.57. The lowest BCUT2D eigenvalue weighted by molar-refractivity contribution is -0.133. The van der Waals surface area contributed by atoms with Crippen molar-refractivity contribution in [1.82, 2.24) is 0 Å². The molecule has 3 heteroatoms. The molecule has 1 aromatic rings. The van der Waals surface area contributed by atoms with Gasteiger partial charge in [-0.15, -0.1) is 0 Å². The molecule has 0 bridgehead atoms.